The van der Waals surface area contributed by atoms with Crippen molar-refractivity contribution >= 4 is 29.3 Å². The van der Waals surface area contributed by atoms with E-state index in [-0.39, 0.29) is 37.7 Å². The lowest BCUT2D eigenvalue weighted by atomic mass is 10.0. The van der Waals surface area contributed by atoms with Crippen LogP contribution in [0.25, 0.3) is 10.4 Å². The fourth-order valence-corrected chi connectivity index (χ4v) is 2.99. The Labute approximate surface area is 141 Å². The number of fused-ring (bicyclic) bond motifs is 1. The molecule has 4 amide bonds. The van der Waals surface area contributed by atoms with Crippen LogP contribution in [0.5, 0.6) is 0 Å². The molecule has 1 atom stereocenters. The Balaban J connectivity index is 1.82. The third-order valence-electron chi connectivity index (χ3n) is 4.13. The van der Waals surface area contributed by atoms with E-state index in [0.717, 1.165) is 0 Å². The van der Waals surface area contributed by atoms with Crippen LogP contribution in [0.15, 0.2) is 23.3 Å². The van der Waals surface area contributed by atoms with Crippen molar-refractivity contribution in [3.63, 3.8) is 0 Å². The SMILES string of the molecule is [N-]=[N+]=NCC(=O)Nc1cccc2c1CN(C1CCC(=O)NC1=O)C2=O. The summed E-state index contributed by atoms with van der Waals surface area (Å²) in [5.41, 5.74) is 9.67. The molecule has 0 aliphatic carbocycles. The number of carbonyl (C=O) groups excluding carboxylic acids is 4. The van der Waals surface area contributed by atoms with E-state index in [2.05, 4.69) is 20.7 Å². The van der Waals surface area contributed by atoms with E-state index in [1.807, 2.05) is 0 Å². The minimum Gasteiger partial charge on any atom is -0.326 e. The van der Waals surface area contributed by atoms with Crippen molar-refractivity contribution in [2.75, 3.05) is 11.9 Å². The quantitative estimate of drug-likeness (QED) is 0.359. The van der Waals surface area contributed by atoms with Crippen LogP contribution in [-0.4, -0.2) is 41.1 Å². The summed E-state index contributed by atoms with van der Waals surface area (Å²) in [4.78, 5) is 51.6. The second kappa shape index (κ2) is 6.62. The third kappa shape index (κ3) is 3.15. The molecule has 10 heteroatoms. The number of anilines is 1. The van der Waals surface area contributed by atoms with Crippen LogP contribution in [0.2, 0.25) is 0 Å². The Kier molecular flexibility index (Phi) is 4.36. The van der Waals surface area contributed by atoms with E-state index in [4.69, 9.17) is 5.53 Å². The molecule has 25 heavy (non-hydrogen) atoms. The molecule has 1 aromatic rings. The molecule has 128 valence electrons. The van der Waals surface area contributed by atoms with Crippen molar-refractivity contribution in [3.8, 4) is 0 Å². The maximum absolute atomic E-state index is 12.6. The first-order valence-corrected chi connectivity index (χ1v) is 7.58. The number of benzene rings is 1. The number of carbonyl (C=O) groups is 4. The van der Waals surface area contributed by atoms with Gasteiger partial charge in [-0.3, -0.25) is 24.5 Å². The van der Waals surface area contributed by atoms with Crippen LogP contribution in [0.3, 0.4) is 0 Å². The maximum atomic E-state index is 12.6. The van der Waals surface area contributed by atoms with Crippen LogP contribution in [-0.2, 0) is 20.9 Å². The highest BCUT2D eigenvalue weighted by atomic mass is 16.2. The van der Waals surface area contributed by atoms with Gasteiger partial charge in [-0.25, -0.2) is 0 Å². The largest absolute Gasteiger partial charge is 0.326 e. The summed E-state index contributed by atoms with van der Waals surface area (Å²) in [7, 11) is 0. The van der Waals surface area contributed by atoms with Gasteiger partial charge in [-0.05, 0) is 24.1 Å². The zero-order chi connectivity index (χ0) is 18.0. The van der Waals surface area contributed by atoms with E-state index in [1.54, 1.807) is 18.2 Å². The summed E-state index contributed by atoms with van der Waals surface area (Å²) in [6.07, 6.45) is 0.440. The first-order valence-electron chi connectivity index (χ1n) is 7.58. The predicted octanol–water partition coefficient (Wildman–Crippen LogP) is 0.696. The third-order valence-corrected chi connectivity index (χ3v) is 4.13. The zero-order valence-corrected chi connectivity index (χ0v) is 13.1. The van der Waals surface area contributed by atoms with Crippen LogP contribution in [0.4, 0.5) is 5.69 Å². The van der Waals surface area contributed by atoms with Gasteiger partial charge in [-0.2, -0.15) is 0 Å². The lowest BCUT2D eigenvalue weighted by molar-refractivity contribution is -0.137. The molecule has 0 aromatic heterocycles. The summed E-state index contributed by atoms with van der Waals surface area (Å²) >= 11 is 0. The Hall–Kier alpha value is -3.39. The molecule has 2 aliphatic rings. The lowest BCUT2D eigenvalue weighted by Crippen LogP contribution is -2.52. The van der Waals surface area contributed by atoms with Gasteiger partial charge in [0.1, 0.15) is 12.6 Å². The number of imide groups is 1. The second-order valence-electron chi connectivity index (χ2n) is 5.67. The first-order chi connectivity index (χ1) is 12.0. The first kappa shape index (κ1) is 16.5. The minimum absolute atomic E-state index is 0.151. The Bertz CT molecular complexity index is 829. The van der Waals surface area contributed by atoms with Gasteiger partial charge < -0.3 is 10.2 Å². The Morgan fingerprint density at radius 2 is 2.20 bits per heavy atom. The van der Waals surface area contributed by atoms with Crippen molar-refractivity contribution in [2.24, 2.45) is 5.11 Å². The Morgan fingerprint density at radius 3 is 2.92 bits per heavy atom. The summed E-state index contributed by atoms with van der Waals surface area (Å²) in [5.74, 6) is -1.67. The van der Waals surface area contributed by atoms with E-state index < -0.39 is 17.9 Å². The van der Waals surface area contributed by atoms with Gasteiger partial charge in [-0.1, -0.05) is 11.2 Å². The molecule has 2 N–H and O–H groups in total. The highest BCUT2D eigenvalue weighted by Gasteiger charge is 2.39. The highest BCUT2D eigenvalue weighted by molar-refractivity contribution is 6.06. The van der Waals surface area contributed by atoms with Crippen molar-refractivity contribution in [1.82, 2.24) is 10.2 Å². The van der Waals surface area contributed by atoms with Crippen molar-refractivity contribution in [3.05, 3.63) is 39.8 Å². The molecule has 1 aromatic carbocycles. The molecule has 0 saturated carbocycles. The standard InChI is InChI=1S/C15H14N6O4/c16-20-17-6-13(23)18-10-3-1-2-8-9(10)7-21(15(8)25)11-4-5-12(22)19-14(11)24/h1-3,11H,4-7H2,(H,18,23)(H,19,22,24). The summed E-state index contributed by atoms with van der Waals surface area (Å²) < 4.78 is 0. The number of piperidine rings is 1. The molecular formula is C15H14N6O4. The van der Waals surface area contributed by atoms with Crippen LogP contribution < -0.4 is 10.6 Å². The van der Waals surface area contributed by atoms with Crippen molar-refractivity contribution in [1.29, 1.82) is 0 Å². The molecule has 1 fully saturated rings. The fraction of sp³-hybridized carbons (Fsp3) is 0.333. The fourth-order valence-electron chi connectivity index (χ4n) is 2.99. The molecule has 1 unspecified atom stereocenters. The molecular weight excluding hydrogens is 328 g/mol. The number of rotatable bonds is 4. The number of hydrogen-bond donors (Lipinski definition) is 2. The summed E-state index contributed by atoms with van der Waals surface area (Å²) in [6, 6.07) is 4.15. The van der Waals surface area contributed by atoms with Gasteiger partial charge in [-0.15, -0.1) is 0 Å². The van der Waals surface area contributed by atoms with Gasteiger partial charge in [0.05, 0.1) is 0 Å². The van der Waals surface area contributed by atoms with Crippen LogP contribution >= 0.6 is 0 Å². The van der Waals surface area contributed by atoms with E-state index >= 15 is 0 Å². The lowest BCUT2D eigenvalue weighted by Gasteiger charge is -2.29. The number of hydrogen-bond acceptors (Lipinski definition) is 5. The van der Waals surface area contributed by atoms with E-state index in [0.29, 0.717) is 16.8 Å². The molecule has 0 radical (unpaired) electrons. The van der Waals surface area contributed by atoms with Crippen LogP contribution in [0.1, 0.15) is 28.8 Å². The molecule has 0 spiro atoms. The highest BCUT2D eigenvalue weighted by Crippen LogP contribution is 2.32. The van der Waals surface area contributed by atoms with E-state index in [9.17, 15) is 19.2 Å². The molecule has 0 bridgehead atoms. The predicted molar refractivity (Wildman–Crippen MR) is 85.1 cm³/mol. The van der Waals surface area contributed by atoms with Gasteiger partial charge in [0, 0.05) is 34.7 Å². The molecule has 10 nitrogen and oxygen atoms in total. The molecule has 1 saturated heterocycles. The molecule has 2 heterocycles. The summed E-state index contributed by atoms with van der Waals surface area (Å²) in [5, 5.41) is 8.03. The normalized spacial score (nSPS) is 19.1. The zero-order valence-electron chi connectivity index (χ0n) is 13.1. The van der Waals surface area contributed by atoms with E-state index in [1.165, 1.54) is 4.90 Å². The van der Waals surface area contributed by atoms with Crippen molar-refractivity contribution in [2.45, 2.75) is 25.4 Å². The summed E-state index contributed by atoms with van der Waals surface area (Å²) in [6.45, 7) is -0.205. The Morgan fingerprint density at radius 1 is 1.40 bits per heavy atom. The van der Waals surface area contributed by atoms with Crippen LogP contribution in [0, 0.1) is 0 Å². The average molecular weight is 342 g/mol. The van der Waals surface area contributed by atoms with Gasteiger partial charge >= 0.3 is 0 Å². The van der Waals surface area contributed by atoms with Gasteiger partial charge in [0.25, 0.3) is 5.91 Å². The minimum atomic E-state index is -0.718. The molecule has 3 rings (SSSR count). The number of azide groups is 1. The number of amides is 4. The number of nitrogens with one attached hydrogen (secondary N) is 2. The second-order valence-corrected chi connectivity index (χ2v) is 5.67. The smallest absolute Gasteiger partial charge is 0.255 e. The monoisotopic (exact) mass is 342 g/mol. The average Bonchev–Trinajstić information content (AvgIpc) is 2.91. The molecule has 2 aliphatic heterocycles. The van der Waals surface area contributed by atoms with Crippen molar-refractivity contribution < 1.29 is 19.2 Å². The maximum Gasteiger partial charge on any atom is 0.255 e. The van der Waals surface area contributed by atoms with Gasteiger partial charge in [0.2, 0.25) is 17.7 Å². The number of nitrogens with zero attached hydrogens (tertiary/aromatic N) is 4. The van der Waals surface area contributed by atoms with Gasteiger partial charge in [0.15, 0.2) is 0 Å². The topological polar surface area (TPSA) is 144 Å².